The predicted molar refractivity (Wildman–Crippen MR) is 93.3 cm³/mol. The molecule has 30 heavy (non-hydrogen) atoms. The summed E-state index contributed by atoms with van der Waals surface area (Å²) < 4.78 is 106. The molecule has 0 heterocycles. The average Bonchev–Trinajstić information content (AvgIpc) is 2.65. The van der Waals surface area contributed by atoms with Crippen molar-refractivity contribution in [3.63, 3.8) is 0 Å². The lowest BCUT2D eigenvalue weighted by Gasteiger charge is -2.14. The molecule has 6 nitrogen and oxygen atoms in total. The van der Waals surface area contributed by atoms with Crippen molar-refractivity contribution in [3.05, 3.63) is 54.1 Å². The zero-order valence-corrected chi connectivity index (χ0v) is 15.7. The lowest BCUT2D eigenvalue weighted by molar-refractivity contribution is -0.153. The van der Waals surface area contributed by atoms with Crippen LogP contribution in [0.15, 0.2) is 53.4 Å². The van der Waals surface area contributed by atoms with E-state index in [2.05, 4.69) is 10.1 Å². The summed E-state index contributed by atoms with van der Waals surface area (Å²) in [5, 5.41) is 2.17. The fraction of sp³-hybridized carbons (Fsp3) is 0.235. The molecular formula is C17H14F6N2O4S. The number of anilines is 1. The molecule has 0 aromatic heterocycles. The highest BCUT2D eigenvalue weighted by molar-refractivity contribution is 7.89. The second-order valence-electron chi connectivity index (χ2n) is 5.80. The largest absolute Gasteiger partial charge is 0.482 e. The number of ether oxygens (including phenoxy) is 1. The quantitative estimate of drug-likeness (QED) is 0.624. The molecule has 0 aliphatic rings. The van der Waals surface area contributed by atoms with E-state index in [0.29, 0.717) is 12.1 Å². The number of alkyl halides is 6. The summed E-state index contributed by atoms with van der Waals surface area (Å²) in [5.74, 6) is -1.28. The first kappa shape index (κ1) is 23.5. The van der Waals surface area contributed by atoms with E-state index in [0.717, 1.165) is 18.2 Å². The third-order valence-electron chi connectivity index (χ3n) is 3.45. The highest BCUT2D eigenvalue weighted by atomic mass is 32.2. The Kier molecular flexibility index (Phi) is 6.98. The number of amides is 1. The Morgan fingerprint density at radius 3 is 2.27 bits per heavy atom. The highest BCUT2D eigenvalue weighted by Crippen LogP contribution is 2.30. The Morgan fingerprint density at radius 1 is 0.967 bits per heavy atom. The van der Waals surface area contributed by atoms with Gasteiger partial charge in [-0.15, -0.1) is 0 Å². The molecule has 0 unspecified atom stereocenters. The number of rotatable bonds is 7. The Bertz CT molecular complexity index is 1010. The molecule has 0 bridgehead atoms. The molecule has 0 aliphatic heterocycles. The summed E-state index contributed by atoms with van der Waals surface area (Å²) in [4.78, 5) is 11.3. The average molecular weight is 456 g/mol. The first-order valence-electron chi connectivity index (χ1n) is 8.03. The van der Waals surface area contributed by atoms with Crippen LogP contribution in [0, 0.1) is 0 Å². The molecule has 164 valence electrons. The van der Waals surface area contributed by atoms with Crippen molar-refractivity contribution in [2.75, 3.05) is 18.5 Å². The van der Waals surface area contributed by atoms with Crippen LogP contribution >= 0.6 is 0 Å². The molecule has 0 aliphatic carbocycles. The van der Waals surface area contributed by atoms with E-state index in [1.807, 2.05) is 4.72 Å². The minimum Gasteiger partial charge on any atom is -0.482 e. The van der Waals surface area contributed by atoms with Gasteiger partial charge in [0.15, 0.2) is 6.61 Å². The summed E-state index contributed by atoms with van der Waals surface area (Å²) in [6.45, 7) is -2.49. The van der Waals surface area contributed by atoms with Crippen molar-refractivity contribution >= 4 is 21.6 Å². The van der Waals surface area contributed by atoms with Gasteiger partial charge in [-0.05, 0) is 30.3 Å². The number of hydrogen-bond donors (Lipinski definition) is 2. The van der Waals surface area contributed by atoms with Gasteiger partial charge in [0, 0.05) is 0 Å². The molecule has 2 aromatic rings. The molecule has 0 spiro atoms. The van der Waals surface area contributed by atoms with Crippen LogP contribution in [0.3, 0.4) is 0 Å². The highest BCUT2D eigenvalue weighted by Gasteiger charge is 2.32. The normalized spacial score (nSPS) is 12.5. The number of carbonyl (C=O) groups excluding carboxylic acids is 1. The zero-order valence-electron chi connectivity index (χ0n) is 14.8. The lowest BCUT2D eigenvalue weighted by Crippen LogP contribution is -2.33. The topological polar surface area (TPSA) is 84.5 Å². The van der Waals surface area contributed by atoms with Gasteiger partial charge in [0.1, 0.15) is 5.75 Å². The number of para-hydroxylation sites is 2. The Labute approximate surface area is 166 Å². The van der Waals surface area contributed by atoms with Gasteiger partial charge in [0.25, 0.3) is 0 Å². The molecule has 0 saturated heterocycles. The number of sulfonamides is 1. The van der Waals surface area contributed by atoms with E-state index in [1.165, 1.54) is 18.2 Å². The monoisotopic (exact) mass is 456 g/mol. The van der Waals surface area contributed by atoms with Crippen molar-refractivity contribution < 1.29 is 44.3 Å². The van der Waals surface area contributed by atoms with Gasteiger partial charge in [-0.3, -0.25) is 4.79 Å². The van der Waals surface area contributed by atoms with E-state index in [-0.39, 0.29) is 11.4 Å². The van der Waals surface area contributed by atoms with Gasteiger partial charge in [-0.25, -0.2) is 13.1 Å². The van der Waals surface area contributed by atoms with Crippen molar-refractivity contribution in [3.8, 4) is 5.75 Å². The number of halogens is 6. The minimum absolute atomic E-state index is 0.148. The standard InChI is InChI=1S/C17H14F6N2O4S/c18-16(19,20)10-29-14-7-2-1-6-13(14)25-15(26)9-24-30(27,28)12-5-3-4-11(8-12)17(21,22)23/h1-8,24H,9-10H2,(H,25,26). The summed E-state index contributed by atoms with van der Waals surface area (Å²) in [6.07, 6.45) is -9.37. The fourth-order valence-corrected chi connectivity index (χ4v) is 3.16. The number of nitrogens with one attached hydrogen (secondary N) is 2. The van der Waals surface area contributed by atoms with Gasteiger partial charge in [-0.1, -0.05) is 18.2 Å². The summed E-state index contributed by atoms with van der Waals surface area (Å²) in [7, 11) is -4.46. The van der Waals surface area contributed by atoms with Crippen molar-refractivity contribution in [1.29, 1.82) is 0 Å². The van der Waals surface area contributed by atoms with Crippen LogP contribution in [-0.2, 0) is 21.0 Å². The van der Waals surface area contributed by atoms with Gasteiger partial charge in [0.05, 0.1) is 22.7 Å². The molecule has 2 N–H and O–H groups in total. The van der Waals surface area contributed by atoms with E-state index < -0.39 is 51.9 Å². The zero-order chi connectivity index (χ0) is 22.6. The van der Waals surface area contributed by atoms with Crippen LogP contribution in [0.5, 0.6) is 5.75 Å². The van der Waals surface area contributed by atoms with Crippen molar-refractivity contribution in [2.24, 2.45) is 0 Å². The van der Waals surface area contributed by atoms with Gasteiger partial charge in [0.2, 0.25) is 15.9 Å². The summed E-state index contributed by atoms with van der Waals surface area (Å²) in [5.41, 5.74) is -1.34. The first-order valence-corrected chi connectivity index (χ1v) is 9.51. The predicted octanol–water partition coefficient (Wildman–Crippen LogP) is 3.56. The Balaban J connectivity index is 2.05. The molecule has 0 fully saturated rings. The van der Waals surface area contributed by atoms with Crippen molar-refractivity contribution in [1.82, 2.24) is 4.72 Å². The van der Waals surface area contributed by atoms with Crippen molar-refractivity contribution in [2.45, 2.75) is 17.2 Å². The van der Waals surface area contributed by atoms with E-state index in [4.69, 9.17) is 0 Å². The Morgan fingerprint density at radius 2 is 1.63 bits per heavy atom. The van der Waals surface area contributed by atoms with E-state index in [9.17, 15) is 39.6 Å². The van der Waals surface area contributed by atoms with E-state index >= 15 is 0 Å². The van der Waals surface area contributed by atoms with Gasteiger partial charge in [-0.2, -0.15) is 26.3 Å². The van der Waals surface area contributed by atoms with Crippen LogP contribution in [0.2, 0.25) is 0 Å². The lowest BCUT2D eigenvalue weighted by atomic mass is 10.2. The Hall–Kier alpha value is -2.80. The third kappa shape index (κ3) is 6.91. The van der Waals surface area contributed by atoms with Crippen LogP contribution < -0.4 is 14.8 Å². The number of carbonyl (C=O) groups is 1. The molecule has 0 radical (unpaired) electrons. The SMILES string of the molecule is O=C(CNS(=O)(=O)c1cccc(C(F)(F)F)c1)Nc1ccccc1OCC(F)(F)F. The third-order valence-corrected chi connectivity index (χ3v) is 4.85. The van der Waals surface area contributed by atoms with Crippen LogP contribution in [0.4, 0.5) is 32.0 Å². The maximum atomic E-state index is 12.7. The summed E-state index contributed by atoms with van der Waals surface area (Å²) in [6, 6.07) is 8.03. The minimum atomic E-state index is -4.76. The maximum absolute atomic E-state index is 12.7. The summed E-state index contributed by atoms with van der Waals surface area (Å²) >= 11 is 0. The second-order valence-corrected chi connectivity index (χ2v) is 7.57. The second kappa shape index (κ2) is 8.92. The van der Waals surface area contributed by atoms with E-state index in [1.54, 1.807) is 0 Å². The first-order chi connectivity index (χ1) is 13.8. The molecule has 1 amide bonds. The molecule has 2 aromatic carbocycles. The molecule has 13 heteroatoms. The fourth-order valence-electron chi connectivity index (χ4n) is 2.13. The van der Waals surface area contributed by atoms with Gasteiger partial charge >= 0.3 is 12.4 Å². The molecule has 0 saturated carbocycles. The maximum Gasteiger partial charge on any atom is 0.422 e. The van der Waals surface area contributed by atoms with Gasteiger partial charge < -0.3 is 10.1 Å². The smallest absolute Gasteiger partial charge is 0.422 e. The number of hydrogen-bond acceptors (Lipinski definition) is 4. The molecular weight excluding hydrogens is 442 g/mol. The van der Waals surface area contributed by atoms with Crippen LogP contribution in [0.1, 0.15) is 5.56 Å². The molecule has 0 atom stereocenters. The van der Waals surface area contributed by atoms with Crippen LogP contribution in [-0.4, -0.2) is 33.7 Å². The number of benzene rings is 2. The molecule has 2 rings (SSSR count). The van der Waals surface area contributed by atoms with Crippen LogP contribution in [0.25, 0.3) is 0 Å².